The van der Waals surface area contributed by atoms with Gasteiger partial charge >= 0.3 is 0 Å². The minimum atomic E-state index is -0.931. The number of benzene rings is 1. The van der Waals surface area contributed by atoms with Crippen LogP contribution >= 0.6 is 0 Å². The first-order valence-electron chi connectivity index (χ1n) is 11.4. The van der Waals surface area contributed by atoms with E-state index in [0.717, 1.165) is 12.0 Å². The van der Waals surface area contributed by atoms with E-state index in [-0.39, 0.29) is 30.3 Å². The van der Waals surface area contributed by atoms with Crippen LogP contribution in [0.2, 0.25) is 0 Å². The second kappa shape index (κ2) is 10.9. The third-order valence-electron chi connectivity index (χ3n) is 6.34. The summed E-state index contributed by atoms with van der Waals surface area (Å²) in [5.41, 5.74) is 1.52. The number of aliphatic hydroxyl groups excluding tert-OH is 2. The predicted molar refractivity (Wildman–Crippen MR) is 126 cm³/mol. The number of halogens is 2. The quantitative estimate of drug-likeness (QED) is 0.407. The van der Waals surface area contributed by atoms with E-state index in [9.17, 15) is 13.9 Å². The van der Waals surface area contributed by atoms with E-state index < -0.39 is 23.2 Å². The van der Waals surface area contributed by atoms with Crippen molar-refractivity contribution in [2.24, 2.45) is 0 Å². The topological polar surface area (TPSA) is 104 Å². The summed E-state index contributed by atoms with van der Waals surface area (Å²) in [5, 5.41) is 30.3. The van der Waals surface area contributed by atoms with Gasteiger partial charge in [0.1, 0.15) is 11.6 Å². The fourth-order valence-corrected chi connectivity index (χ4v) is 3.79. The van der Waals surface area contributed by atoms with Crippen molar-refractivity contribution in [3.8, 4) is 11.3 Å². The molecule has 3 N–H and O–H groups in total. The maximum absolute atomic E-state index is 14.5. The van der Waals surface area contributed by atoms with Crippen molar-refractivity contribution in [1.82, 2.24) is 20.2 Å². The highest BCUT2D eigenvalue weighted by Gasteiger charge is 2.35. The van der Waals surface area contributed by atoms with Crippen LogP contribution in [-0.2, 0) is 5.41 Å². The predicted octanol–water partition coefficient (Wildman–Crippen LogP) is 4.21. The zero-order chi connectivity index (χ0) is 24.9. The Morgan fingerprint density at radius 2 is 1.82 bits per heavy atom. The third-order valence-corrected chi connectivity index (χ3v) is 6.34. The number of rotatable bonds is 10. The summed E-state index contributed by atoms with van der Waals surface area (Å²) < 4.78 is 28.9. The van der Waals surface area contributed by atoms with E-state index >= 15 is 0 Å². The Hall–Kier alpha value is -3.04. The molecule has 182 valence electrons. The SMILES string of the molecule is CC[C@H](C)c1cc(-c2c(F)cccc2F)nnc1[C@@](C)(CC)c1ccnc(NC[C@H](O)CO)n1. The van der Waals surface area contributed by atoms with Gasteiger partial charge in [-0.1, -0.05) is 26.8 Å². The van der Waals surface area contributed by atoms with E-state index in [1.807, 2.05) is 27.7 Å². The van der Waals surface area contributed by atoms with E-state index in [4.69, 9.17) is 5.11 Å². The Kier molecular flexibility index (Phi) is 8.22. The summed E-state index contributed by atoms with van der Waals surface area (Å²) in [6, 6.07) is 7.25. The van der Waals surface area contributed by atoms with Crippen molar-refractivity contribution < 1.29 is 19.0 Å². The average Bonchev–Trinajstić information content (AvgIpc) is 2.86. The minimum Gasteiger partial charge on any atom is -0.394 e. The highest BCUT2D eigenvalue weighted by atomic mass is 19.1. The molecule has 0 aliphatic carbocycles. The van der Waals surface area contributed by atoms with Crippen LogP contribution in [0.25, 0.3) is 11.3 Å². The summed E-state index contributed by atoms with van der Waals surface area (Å²) in [4.78, 5) is 8.83. The molecule has 0 amide bonds. The van der Waals surface area contributed by atoms with Crippen LogP contribution in [0, 0.1) is 11.6 Å². The number of hydrogen-bond donors (Lipinski definition) is 3. The molecule has 0 saturated carbocycles. The molecule has 0 bridgehead atoms. The van der Waals surface area contributed by atoms with E-state index in [1.165, 1.54) is 18.2 Å². The van der Waals surface area contributed by atoms with Crippen LogP contribution in [0.5, 0.6) is 0 Å². The van der Waals surface area contributed by atoms with Crippen LogP contribution < -0.4 is 5.32 Å². The van der Waals surface area contributed by atoms with Gasteiger partial charge in [-0.25, -0.2) is 18.7 Å². The smallest absolute Gasteiger partial charge is 0.222 e. The van der Waals surface area contributed by atoms with Crippen molar-refractivity contribution in [3.63, 3.8) is 0 Å². The van der Waals surface area contributed by atoms with Gasteiger partial charge in [0.2, 0.25) is 5.95 Å². The lowest BCUT2D eigenvalue weighted by Crippen LogP contribution is -2.29. The van der Waals surface area contributed by atoms with Gasteiger partial charge in [-0.05, 0) is 55.5 Å². The second-order valence-electron chi connectivity index (χ2n) is 8.61. The number of anilines is 1. The van der Waals surface area contributed by atoms with Crippen molar-refractivity contribution in [3.05, 3.63) is 65.1 Å². The average molecular weight is 472 g/mol. The summed E-state index contributed by atoms with van der Waals surface area (Å²) in [7, 11) is 0. The Bertz CT molecular complexity index is 1110. The van der Waals surface area contributed by atoms with Gasteiger partial charge in [0.15, 0.2) is 0 Å². The first-order chi connectivity index (χ1) is 16.2. The van der Waals surface area contributed by atoms with Gasteiger partial charge in [-0.3, -0.25) is 0 Å². The molecule has 0 aliphatic heterocycles. The van der Waals surface area contributed by atoms with E-state index in [1.54, 1.807) is 18.3 Å². The summed E-state index contributed by atoms with van der Waals surface area (Å²) in [6.07, 6.45) is 2.12. The lowest BCUT2D eigenvalue weighted by molar-refractivity contribution is 0.105. The molecule has 0 unspecified atom stereocenters. The molecule has 0 aliphatic rings. The third kappa shape index (κ3) is 5.20. The van der Waals surface area contributed by atoms with Gasteiger partial charge in [-0.15, -0.1) is 5.10 Å². The molecule has 3 aromatic rings. The highest BCUT2D eigenvalue weighted by Crippen LogP contribution is 2.39. The fourth-order valence-electron chi connectivity index (χ4n) is 3.79. The Morgan fingerprint density at radius 3 is 2.44 bits per heavy atom. The zero-order valence-electron chi connectivity index (χ0n) is 19.9. The van der Waals surface area contributed by atoms with Crippen molar-refractivity contribution in [2.45, 2.75) is 58.0 Å². The van der Waals surface area contributed by atoms with E-state index in [2.05, 4.69) is 25.5 Å². The number of nitrogens with zero attached hydrogens (tertiary/aromatic N) is 4. The molecule has 9 heteroatoms. The molecule has 0 radical (unpaired) electrons. The van der Waals surface area contributed by atoms with Crippen LogP contribution in [-0.4, -0.2) is 49.6 Å². The van der Waals surface area contributed by atoms with Gasteiger partial charge in [0.25, 0.3) is 0 Å². The first-order valence-corrected chi connectivity index (χ1v) is 11.4. The number of hydrogen-bond acceptors (Lipinski definition) is 7. The van der Waals surface area contributed by atoms with Crippen LogP contribution in [0.4, 0.5) is 14.7 Å². The van der Waals surface area contributed by atoms with E-state index in [0.29, 0.717) is 23.8 Å². The lowest BCUT2D eigenvalue weighted by atomic mass is 9.76. The monoisotopic (exact) mass is 471 g/mol. The van der Waals surface area contributed by atoms with Crippen LogP contribution in [0.15, 0.2) is 36.5 Å². The molecule has 7 nitrogen and oxygen atoms in total. The molecule has 2 aromatic heterocycles. The van der Waals surface area contributed by atoms with Gasteiger partial charge < -0.3 is 15.5 Å². The van der Waals surface area contributed by atoms with Crippen LogP contribution in [0.1, 0.15) is 63.4 Å². The normalized spacial score (nSPS) is 14.9. The second-order valence-corrected chi connectivity index (χ2v) is 8.61. The van der Waals surface area contributed by atoms with Gasteiger partial charge in [0.05, 0.1) is 40.8 Å². The fraction of sp³-hybridized carbons (Fsp3) is 0.440. The molecule has 0 saturated heterocycles. The zero-order valence-corrected chi connectivity index (χ0v) is 19.9. The standard InChI is InChI=1S/C25H31F2N5O2/c1-5-15(3)17-12-20(22-18(26)8-7-9-19(22)27)31-32-23(17)25(4,6-2)21-10-11-28-24(30-21)29-13-16(34)14-33/h7-12,15-16,33-34H,5-6,13-14H2,1-4H3,(H,28,29,30)/t15-,16-,25-/m0/s1. The summed E-state index contributed by atoms with van der Waals surface area (Å²) in [6.45, 7) is 7.83. The number of nitrogens with one attached hydrogen (secondary N) is 1. The van der Waals surface area contributed by atoms with Gasteiger partial charge in [0, 0.05) is 12.7 Å². The molecule has 2 heterocycles. The lowest BCUT2D eigenvalue weighted by Gasteiger charge is -2.30. The molecule has 3 atom stereocenters. The maximum atomic E-state index is 14.5. The molecule has 3 rings (SSSR count). The van der Waals surface area contributed by atoms with Crippen molar-refractivity contribution >= 4 is 5.95 Å². The number of aliphatic hydroxyl groups is 2. The van der Waals surface area contributed by atoms with Crippen molar-refractivity contribution in [2.75, 3.05) is 18.5 Å². The Balaban J connectivity index is 2.11. The molecular formula is C25H31F2N5O2. The number of aromatic nitrogens is 4. The summed E-state index contributed by atoms with van der Waals surface area (Å²) in [5.74, 6) is -1.00. The molecule has 1 aromatic carbocycles. The summed E-state index contributed by atoms with van der Waals surface area (Å²) >= 11 is 0. The Labute approximate surface area is 198 Å². The van der Waals surface area contributed by atoms with Crippen LogP contribution in [0.3, 0.4) is 0 Å². The molecular weight excluding hydrogens is 440 g/mol. The first kappa shape index (κ1) is 25.6. The molecule has 0 fully saturated rings. The van der Waals surface area contributed by atoms with Gasteiger partial charge in [-0.2, -0.15) is 5.10 Å². The van der Waals surface area contributed by atoms with Crippen molar-refractivity contribution in [1.29, 1.82) is 0 Å². The molecule has 34 heavy (non-hydrogen) atoms. The highest BCUT2D eigenvalue weighted by molar-refractivity contribution is 5.62. The largest absolute Gasteiger partial charge is 0.394 e. The maximum Gasteiger partial charge on any atom is 0.222 e. The Morgan fingerprint density at radius 1 is 1.12 bits per heavy atom. The minimum absolute atomic E-state index is 0.0593. The molecule has 0 spiro atoms.